The molecule has 1 aliphatic heterocycles. The summed E-state index contributed by atoms with van der Waals surface area (Å²) < 4.78 is 34.8. The van der Waals surface area contributed by atoms with Crippen molar-refractivity contribution in [3.63, 3.8) is 0 Å². The van der Waals surface area contributed by atoms with E-state index in [0.29, 0.717) is 29.9 Å². The van der Waals surface area contributed by atoms with Crippen LogP contribution in [0.5, 0.6) is 5.75 Å². The molecule has 0 unspecified atom stereocenters. The Morgan fingerprint density at radius 1 is 0.958 bits per heavy atom. The summed E-state index contributed by atoms with van der Waals surface area (Å²) in [6.07, 6.45) is 9.68. The predicted molar refractivity (Wildman–Crippen MR) is 186 cm³/mol. The lowest BCUT2D eigenvalue weighted by atomic mass is 10.0. The van der Waals surface area contributed by atoms with Gasteiger partial charge in [0, 0.05) is 63.1 Å². The summed E-state index contributed by atoms with van der Waals surface area (Å²) in [7, 11) is 3.77. The minimum atomic E-state index is -1.28. The summed E-state index contributed by atoms with van der Waals surface area (Å²) in [5.74, 6) is -0.895. The zero-order chi connectivity index (χ0) is 34.3. The van der Waals surface area contributed by atoms with Crippen LogP contribution in [0.25, 0.3) is 5.57 Å². The number of aliphatic imine (C=N–C) groups is 1. The summed E-state index contributed by atoms with van der Waals surface area (Å²) in [6, 6.07) is 13.4. The van der Waals surface area contributed by atoms with Crippen LogP contribution in [-0.4, -0.2) is 68.2 Å². The molecule has 0 radical (unpaired) electrons. The smallest absolute Gasteiger partial charge is 0.240 e. The first-order valence-corrected chi connectivity index (χ1v) is 15.8. The number of allylic oxidation sites excluding steroid dienone is 5. The molecular formula is C37H40F2N6O3. The van der Waals surface area contributed by atoms with Crippen LogP contribution in [0.4, 0.5) is 26.0 Å². The molecule has 0 atom stereocenters. The van der Waals surface area contributed by atoms with Crippen molar-refractivity contribution in [1.29, 1.82) is 0 Å². The van der Waals surface area contributed by atoms with Gasteiger partial charge < -0.3 is 25.2 Å². The van der Waals surface area contributed by atoms with Gasteiger partial charge >= 0.3 is 0 Å². The van der Waals surface area contributed by atoms with Crippen molar-refractivity contribution in [2.45, 2.75) is 26.7 Å². The summed E-state index contributed by atoms with van der Waals surface area (Å²) in [5, 5.41) is 5.33. The number of pyridine rings is 1. The number of likely N-dealkylation sites (N-methyl/N-ethyl adjacent to an activating group) is 1. The maximum atomic E-state index is 15.5. The number of carbonyl (C=O) groups is 2. The maximum Gasteiger partial charge on any atom is 0.240 e. The molecule has 2 aromatic carbocycles. The number of piperazine rings is 1. The molecule has 1 saturated heterocycles. The second kappa shape index (κ2) is 15.2. The molecule has 3 aromatic rings. The number of hydrogen-bond donors (Lipinski definition) is 2. The third kappa shape index (κ3) is 8.21. The van der Waals surface area contributed by atoms with Gasteiger partial charge in [-0.25, -0.2) is 13.8 Å². The van der Waals surface area contributed by atoms with E-state index in [1.807, 2.05) is 44.3 Å². The number of anilines is 3. The summed E-state index contributed by atoms with van der Waals surface area (Å²) in [5.41, 5.74) is 1.71. The second-order valence-corrected chi connectivity index (χ2v) is 11.9. The fourth-order valence-corrected chi connectivity index (χ4v) is 5.24. The highest BCUT2D eigenvalue weighted by Gasteiger charge is 2.56. The van der Waals surface area contributed by atoms with Gasteiger partial charge in [0.2, 0.25) is 11.8 Å². The first-order valence-electron chi connectivity index (χ1n) is 15.8. The van der Waals surface area contributed by atoms with Gasteiger partial charge in [-0.3, -0.25) is 14.6 Å². The predicted octanol–water partition coefficient (Wildman–Crippen LogP) is 6.48. The van der Waals surface area contributed by atoms with Crippen LogP contribution in [0.1, 0.15) is 32.3 Å². The summed E-state index contributed by atoms with van der Waals surface area (Å²) in [4.78, 5) is 39.3. The maximum absolute atomic E-state index is 15.5. The Hall–Kier alpha value is -5.16. The number of carbonyl (C=O) groups excluding carboxylic acids is 2. The lowest BCUT2D eigenvalue weighted by Crippen LogP contribution is -2.44. The SMILES string of the molecule is C\C=C(/C=C(Oc1ccc(NC(=O)C2(C(=O)Nc3ccc(F)cc3)CC2)cc1F)\C(C)=C\C=NC)c1ccc(N2CCN(C)CC2)nc1. The number of nitrogens with one attached hydrogen (secondary N) is 2. The average Bonchev–Trinajstić information content (AvgIpc) is 3.91. The molecule has 2 heterocycles. The van der Waals surface area contributed by atoms with E-state index >= 15 is 4.39 Å². The van der Waals surface area contributed by atoms with E-state index in [0.717, 1.165) is 49.2 Å². The largest absolute Gasteiger partial charge is 0.454 e. The first kappa shape index (κ1) is 34.2. The van der Waals surface area contributed by atoms with Crippen molar-refractivity contribution >= 4 is 40.8 Å². The van der Waals surface area contributed by atoms with Gasteiger partial charge in [-0.2, -0.15) is 0 Å². The van der Waals surface area contributed by atoms with E-state index in [2.05, 4.69) is 32.5 Å². The number of benzene rings is 2. The van der Waals surface area contributed by atoms with Crippen LogP contribution < -0.4 is 20.3 Å². The standard InChI is InChI=1S/C37H40F2N6O3/c1-5-26(27-6-13-34(41-24-27)45-20-18-44(4)19-21-45)22-33(25(2)14-17-40-3)48-32-12-11-30(23-31(32)39)43-36(47)37(15-16-37)35(46)42-29-9-7-28(38)8-10-29/h5-14,17,22-24H,15-16,18-21H2,1-4H3,(H,42,46)(H,43,47)/b25-14+,26-5+,33-22+,40-17?. The molecule has 2 N–H and O–H groups in total. The number of halogens is 2. The second-order valence-electron chi connectivity index (χ2n) is 11.9. The fourth-order valence-electron chi connectivity index (χ4n) is 5.24. The Balaban J connectivity index is 1.30. The monoisotopic (exact) mass is 654 g/mol. The number of ether oxygens (including phenoxy) is 1. The highest BCUT2D eigenvalue weighted by Crippen LogP contribution is 2.47. The van der Waals surface area contributed by atoms with Crippen LogP contribution >= 0.6 is 0 Å². The van der Waals surface area contributed by atoms with E-state index in [1.165, 1.54) is 36.4 Å². The lowest BCUT2D eigenvalue weighted by Gasteiger charge is -2.33. The summed E-state index contributed by atoms with van der Waals surface area (Å²) >= 11 is 0. The molecular weight excluding hydrogens is 614 g/mol. The highest BCUT2D eigenvalue weighted by atomic mass is 19.1. The van der Waals surface area contributed by atoms with Gasteiger partial charge in [0.05, 0.1) is 0 Å². The van der Waals surface area contributed by atoms with E-state index < -0.39 is 28.9 Å². The molecule has 1 aromatic heterocycles. The van der Waals surface area contributed by atoms with Gasteiger partial charge in [0.15, 0.2) is 11.6 Å². The average molecular weight is 655 g/mol. The molecule has 2 fully saturated rings. The zero-order valence-corrected chi connectivity index (χ0v) is 27.6. The van der Waals surface area contributed by atoms with Gasteiger partial charge in [-0.1, -0.05) is 6.08 Å². The minimum absolute atomic E-state index is 0.0467. The molecule has 48 heavy (non-hydrogen) atoms. The summed E-state index contributed by atoms with van der Waals surface area (Å²) in [6.45, 7) is 7.56. The van der Waals surface area contributed by atoms with E-state index in [1.54, 1.807) is 19.3 Å². The van der Waals surface area contributed by atoms with Crippen molar-refractivity contribution in [2.75, 3.05) is 55.8 Å². The van der Waals surface area contributed by atoms with Crippen LogP contribution in [0.2, 0.25) is 0 Å². The highest BCUT2D eigenvalue weighted by molar-refractivity contribution is 6.16. The number of hydrogen-bond acceptors (Lipinski definition) is 7. The van der Waals surface area contributed by atoms with Crippen molar-refractivity contribution < 1.29 is 23.1 Å². The van der Waals surface area contributed by atoms with Crippen molar-refractivity contribution in [1.82, 2.24) is 9.88 Å². The first-order chi connectivity index (χ1) is 23.1. The zero-order valence-electron chi connectivity index (χ0n) is 27.6. The molecule has 2 amide bonds. The minimum Gasteiger partial charge on any atom is -0.454 e. The molecule has 2 aliphatic rings. The molecule has 1 saturated carbocycles. The van der Waals surface area contributed by atoms with E-state index in [9.17, 15) is 14.0 Å². The Bertz CT molecular complexity index is 1750. The molecule has 250 valence electrons. The van der Waals surface area contributed by atoms with E-state index in [4.69, 9.17) is 9.72 Å². The van der Waals surface area contributed by atoms with Gasteiger partial charge in [0.1, 0.15) is 22.8 Å². The van der Waals surface area contributed by atoms with Crippen LogP contribution in [0.3, 0.4) is 0 Å². The van der Waals surface area contributed by atoms with Crippen molar-refractivity contribution in [2.24, 2.45) is 10.4 Å². The van der Waals surface area contributed by atoms with Crippen LogP contribution in [0, 0.1) is 17.0 Å². The quantitative estimate of drug-likeness (QED) is 0.106. The third-order valence-corrected chi connectivity index (χ3v) is 8.50. The Labute approximate surface area is 279 Å². The van der Waals surface area contributed by atoms with Gasteiger partial charge in [-0.05, 0) is 111 Å². The number of nitrogens with zero attached hydrogens (tertiary/aromatic N) is 4. The molecule has 5 rings (SSSR count). The Morgan fingerprint density at radius 2 is 1.62 bits per heavy atom. The Morgan fingerprint density at radius 3 is 2.21 bits per heavy atom. The Kier molecular flexibility index (Phi) is 10.8. The molecule has 11 heteroatoms. The lowest BCUT2D eigenvalue weighted by molar-refractivity contribution is -0.131. The van der Waals surface area contributed by atoms with Crippen molar-refractivity contribution in [3.8, 4) is 5.75 Å². The number of aromatic nitrogens is 1. The third-order valence-electron chi connectivity index (χ3n) is 8.50. The molecule has 1 aliphatic carbocycles. The normalized spacial score (nSPS) is 17.0. The fraction of sp³-hybridized carbons (Fsp3) is 0.297. The van der Waals surface area contributed by atoms with Gasteiger partial charge in [-0.15, -0.1) is 0 Å². The van der Waals surface area contributed by atoms with Crippen LogP contribution in [0.15, 0.2) is 95.3 Å². The molecule has 0 bridgehead atoms. The van der Waals surface area contributed by atoms with Gasteiger partial charge in [0.25, 0.3) is 0 Å². The molecule has 0 spiro atoms. The topological polar surface area (TPSA) is 99.2 Å². The number of amides is 2. The molecule has 9 nitrogen and oxygen atoms in total. The van der Waals surface area contributed by atoms with E-state index in [-0.39, 0.29) is 11.4 Å². The van der Waals surface area contributed by atoms with Crippen molar-refractivity contribution in [3.05, 3.63) is 108 Å². The van der Waals surface area contributed by atoms with Crippen LogP contribution in [-0.2, 0) is 9.59 Å². The number of rotatable bonds is 11.